The van der Waals surface area contributed by atoms with Gasteiger partial charge in [0.25, 0.3) is 0 Å². The van der Waals surface area contributed by atoms with E-state index in [2.05, 4.69) is 383 Å². The smallest absolute Gasteiger partial charge is 0.0725 e. The molecule has 3 nitrogen and oxygen atoms in total. The summed E-state index contributed by atoms with van der Waals surface area (Å²) in [7, 11) is 0. The summed E-state index contributed by atoms with van der Waals surface area (Å²) in [4.78, 5) is 2.40. The lowest BCUT2D eigenvalue weighted by molar-refractivity contribution is 0.229. The zero-order valence-corrected chi connectivity index (χ0v) is 56.3. The number of para-hydroxylation sites is 3. The summed E-state index contributed by atoms with van der Waals surface area (Å²) in [5.41, 5.74) is 31.6. The number of fused-ring (bicyclic) bond motifs is 16. The van der Waals surface area contributed by atoms with Crippen LogP contribution in [-0.4, -0.2) is 9.13 Å². The van der Waals surface area contributed by atoms with E-state index in [1.54, 1.807) is 0 Å². The van der Waals surface area contributed by atoms with Crippen molar-refractivity contribution in [1.29, 1.82) is 0 Å². The van der Waals surface area contributed by atoms with Gasteiger partial charge in [0, 0.05) is 50.0 Å². The maximum absolute atomic E-state index is 2.54. The van der Waals surface area contributed by atoms with Gasteiger partial charge in [0.2, 0.25) is 0 Å². The van der Waals surface area contributed by atoms with Crippen LogP contribution in [0, 0.1) is 10.8 Å². The fourth-order valence-electron chi connectivity index (χ4n) is 16.9. The third-order valence-corrected chi connectivity index (χ3v) is 21.3. The molecule has 0 bridgehead atoms. The lowest BCUT2D eigenvalue weighted by atomic mass is 9.68. The maximum atomic E-state index is 2.54. The van der Waals surface area contributed by atoms with Gasteiger partial charge in [-0.3, -0.25) is 0 Å². The molecule has 2 atom stereocenters. The molecule has 2 unspecified atom stereocenters. The largest absolute Gasteiger partial charge is 0.310 e. The average Bonchev–Trinajstić information content (AvgIpc) is 1.51. The number of anilines is 3. The lowest BCUT2D eigenvalue weighted by Crippen LogP contribution is -2.26. The Hall–Kier alpha value is -11.5. The number of hydrogen-bond acceptors (Lipinski definition) is 1. The molecule has 470 valence electrons. The zero-order chi connectivity index (χ0) is 66.0. The monoisotopic (exact) mass is 1260 g/mol. The molecule has 2 aliphatic carbocycles. The van der Waals surface area contributed by atoms with Crippen LogP contribution in [0.1, 0.15) is 81.7 Å². The second kappa shape index (κ2) is 22.8. The molecule has 16 aromatic rings. The molecule has 2 aliphatic rings. The quantitative estimate of drug-likeness (QED) is 0.126. The maximum Gasteiger partial charge on any atom is 0.0725 e. The minimum absolute atomic E-state index is 0.115. The normalized spacial score (nSPS) is 14.3. The van der Waals surface area contributed by atoms with Crippen molar-refractivity contribution >= 4 is 60.7 Å². The molecule has 3 heteroatoms. The van der Waals surface area contributed by atoms with Crippen LogP contribution in [0.3, 0.4) is 0 Å². The topological polar surface area (TPSA) is 13.1 Å². The fourth-order valence-corrected chi connectivity index (χ4v) is 16.9. The predicted molar refractivity (Wildman–Crippen MR) is 414 cm³/mol. The van der Waals surface area contributed by atoms with Crippen molar-refractivity contribution in [2.24, 2.45) is 10.8 Å². The first-order valence-corrected chi connectivity index (χ1v) is 34.7. The van der Waals surface area contributed by atoms with E-state index in [0.29, 0.717) is 5.92 Å². The van der Waals surface area contributed by atoms with Gasteiger partial charge in [0.05, 0.1) is 27.5 Å². The van der Waals surface area contributed by atoms with Crippen molar-refractivity contribution in [1.82, 2.24) is 9.13 Å². The summed E-state index contributed by atoms with van der Waals surface area (Å²) >= 11 is 0. The third-order valence-electron chi connectivity index (χ3n) is 21.3. The van der Waals surface area contributed by atoms with E-state index in [4.69, 9.17) is 0 Å². The van der Waals surface area contributed by atoms with E-state index in [0.717, 1.165) is 45.9 Å². The van der Waals surface area contributed by atoms with Crippen LogP contribution < -0.4 is 4.90 Å². The Morgan fingerprint density at radius 3 is 1.32 bits per heavy atom. The first-order valence-electron chi connectivity index (χ1n) is 34.7. The zero-order valence-electron chi connectivity index (χ0n) is 56.3. The average molecular weight is 1260 g/mol. The Bertz CT molecular complexity index is 5780. The Morgan fingerprint density at radius 2 is 0.704 bits per heavy atom. The molecule has 0 saturated heterocycles. The summed E-state index contributed by atoms with van der Waals surface area (Å²) in [6, 6.07) is 123. The Labute approximate surface area is 574 Å². The molecule has 0 aliphatic heterocycles. The number of aromatic nitrogens is 2. The van der Waals surface area contributed by atoms with Gasteiger partial charge in [-0.2, -0.15) is 0 Å². The first kappa shape index (κ1) is 59.0. The molecule has 0 radical (unpaired) electrons. The van der Waals surface area contributed by atoms with Gasteiger partial charge >= 0.3 is 0 Å². The molecule has 1 spiro atoms. The highest BCUT2D eigenvalue weighted by Crippen LogP contribution is 2.64. The SMILES string of the molecule is CC(C)(C)CC(c1cccc(-c2ccc3c(c2)C2(c4ccccc4-3)c3ccccc3-c3ccc(-c4cccc(-n5c6ccccc6c6cc(-c7ccc(N(c8ccc(-c9ccccc9)cc8)c8ccc9c%10ccccc%10n(-c%10ccccc%10)c9c8)cc7)ccc65)c4)cc32)c1)C(C)(C)C. The summed E-state index contributed by atoms with van der Waals surface area (Å²) in [6.45, 7) is 14.3. The highest BCUT2D eigenvalue weighted by Gasteiger charge is 2.52. The van der Waals surface area contributed by atoms with Crippen LogP contribution in [-0.2, 0) is 5.41 Å². The molecule has 0 fully saturated rings. The van der Waals surface area contributed by atoms with Gasteiger partial charge in [-0.1, -0.05) is 272 Å². The summed E-state index contributed by atoms with van der Waals surface area (Å²) in [6.07, 6.45) is 1.12. The second-order valence-electron chi connectivity index (χ2n) is 29.5. The predicted octanol–water partition coefficient (Wildman–Crippen LogP) is 25.9. The van der Waals surface area contributed by atoms with Gasteiger partial charge < -0.3 is 14.0 Å². The minimum Gasteiger partial charge on any atom is -0.310 e. The highest BCUT2D eigenvalue weighted by atomic mass is 15.1. The molecule has 0 amide bonds. The number of rotatable bonds is 11. The van der Waals surface area contributed by atoms with Crippen molar-refractivity contribution in [3.63, 3.8) is 0 Å². The van der Waals surface area contributed by atoms with Crippen LogP contribution in [0.2, 0.25) is 0 Å². The van der Waals surface area contributed by atoms with Crippen LogP contribution in [0.25, 0.3) is 122 Å². The second-order valence-corrected chi connectivity index (χ2v) is 29.5. The summed E-state index contributed by atoms with van der Waals surface area (Å²) in [5.74, 6) is 0.418. The van der Waals surface area contributed by atoms with Gasteiger partial charge in [-0.05, 0) is 215 Å². The lowest BCUT2D eigenvalue weighted by Gasteiger charge is -2.36. The summed E-state index contributed by atoms with van der Waals surface area (Å²) in [5, 5.41) is 4.90. The van der Waals surface area contributed by atoms with Crippen LogP contribution in [0.15, 0.2) is 328 Å². The van der Waals surface area contributed by atoms with Gasteiger partial charge in [0.15, 0.2) is 0 Å². The molecule has 2 aromatic heterocycles. The van der Waals surface area contributed by atoms with Crippen molar-refractivity contribution < 1.29 is 0 Å². The highest BCUT2D eigenvalue weighted by molar-refractivity contribution is 6.12. The van der Waals surface area contributed by atoms with Crippen molar-refractivity contribution in [2.75, 3.05) is 4.90 Å². The van der Waals surface area contributed by atoms with Gasteiger partial charge in [-0.15, -0.1) is 0 Å². The molecular formula is C95H75N3. The third kappa shape index (κ3) is 9.61. The first-order chi connectivity index (χ1) is 47.8. The standard InChI is InChI=1S/C95H75N3/c1-93(2,3)61-88(94(4,5)6)70-27-21-25-65(55-70)68-43-51-78-76-31-13-17-35-84(76)95(86(78)58-68)85-36-18-14-32-77(85)79-52-44-69(59-87(79)95)66-26-22-30-74(56-66)98-90-38-20-16-34-81(90)83-57-67(45-54-91(83)98)64-41-48-73(49-42-64)96(72-46-39-63(40-47-72)62-23-9-7-10-24-62)75-50-53-82-80-33-15-19-37-89(80)97(92(82)60-75)71-28-11-8-12-29-71/h7-60,88H,61H2,1-6H3. The van der Waals surface area contributed by atoms with Crippen LogP contribution >= 0.6 is 0 Å². The van der Waals surface area contributed by atoms with Crippen molar-refractivity contribution in [3.05, 3.63) is 355 Å². The van der Waals surface area contributed by atoms with E-state index in [1.807, 2.05) is 0 Å². The Kier molecular flexibility index (Phi) is 13.7. The van der Waals surface area contributed by atoms with E-state index < -0.39 is 5.41 Å². The van der Waals surface area contributed by atoms with E-state index in [-0.39, 0.29) is 10.8 Å². The van der Waals surface area contributed by atoms with Gasteiger partial charge in [0.1, 0.15) is 0 Å². The number of nitrogens with zero attached hydrogens (tertiary/aromatic N) is 3. The van der Waals surface area contributed by atoms with Crippen LogP contribution in [0.5, 0.6) is 0 Å². The molecule has 0 saturated carbocycles. The molecule has 2 heterocycles. The Balaban J connectivity index is 0.715. The van der Waals surface area contributed by atoms with Gasteiger partial charge in [-0.25, -0.2) is 0 Å². The van der Waals surface area contributed by atoms with Crippen molar-refractivity contribution in [2.45, 2.75) is 59.3 Å². The minimum atomic E-state index is -0.514. The number of benzene rings is 14. The molecule has 14 aromatic carbocycles. The summed E-state index contributed by atoms with van der Waals surface area (Å²) < 4.78 is 4.87. The molecule has 0 N–H and O–H groups in total. The molecule has 18 rings (SSSR count). The number of hydrogen-bond donors (Lipinski definition) is 0. The molecule has 98 heavy (non-hydrogen) atoms. The fraction of sp³-hybridized carbons (Fsp3) is 0.116. The van der Waals surface area contributed by atoms with E-state index in [1.165, 1.54) is 127 Å². The van der Waals surface area contributed by atoms with Crippen LogP contribution in [0.4, 0.5) is 17.1 Å². The van der Waals surface area contributed by atoms with E-state index >= 15 is 0 Å². The Morgan fingerprint density at radius 1 is 0.286 bits per heavy atom. The van der Waals surface area contributed by atoms with E-state index in [9.17, 15) is 0 Å². The molecular weight excluding hydrogens is 1180 g/mol. The van der Waals surface area contributed by atoms with Crippen molar-refractivity contribution in [3.8, 4) is 78.1 Å².